The Morgan fingerprint density at radius 3 is 3.11 bits per heavy atom. The minimum absolute atomic E-state index is 0.506. The Labute approximate surface area is 115 Å². The zero-order valence-corrected chi connectivity index (χ0v) is 11.5. The number of aryl methyl sites for hydroxylation is 1. The van der Waals surface area contributed by atoms with Gasteiger partial charge >= 0.3 is 0 Å². The summed E-state index contributed by atoms with van der Waals surface area (Å²) in [6, 6.07) is 0. The van der Waals surface area contributed by atoms with E-state index in [1.165, 1.54) is 0 Å². The summed E-state index contributed by atoms with van der Waals surface area (Å²) in [4.78, 5) is 10.4. The Kier molecular flexibility index (Phi) is 3.54. The maximum absolute atomic E-state index is 5.65. The fourth-order valence-electron chi connectivity index (χ4n) is 2.12. The Balaban J connectivity index is 1.52. The number of anilines is 1. The van der Waals surface area contributed by atoms with Crippen molar-refractivity contribution in [1.82, 2.24) is 20.2 Å². The van der Waals surface area contributed by atoms with Crippen LogP contribution >= 0.6 is 11.3 Å². The van der Waals surface area contributed by atoms with Crippen molar-refractivity contribution in [3.8, 4) is 5.88 Å². The predicted molar refractivity (Wildman–Crippen MR) is 72.5 cm³/mol. The highest BCUT2D eigenvalue weighted by Gasteiger charge is 2.25. The molecule has 3 heterocycles. The molecule has 0 radical (unpaired) electrons. The van der Waals surface area contributed by atoms with Crippen molar-refractivity contribution in [2.24, 2.45) is 5.92 Å². The largest absolute Gasteiger partial charge is 0.476 e. The molecule has 2 aromatic rings. The molecule has 0 saturated carbocycles. The molecule has 0 bridgehead atoms. The molecule has 19 heavy (non-hydrogen) atoms. The highest BCUT2D eigenvalue weighted by atomic mass is 32.1. The summed E-state index contributed by atoms with van der Waals surface area (Å²) in [5, 5.41) is 10.3. The van der Waals surface area contributed by atoms with E-state index >= 15 is 0 Å². The number of aromatic nitrogens is 4. The third kappa shape index (κ3) is 2.98. The van der Waals surface area contributed by atoms with Gasteiger partial charge in [0.1, 0.15) is 5.01 Å². The first kappa shape index (κ1) is 12.3. The smallest absolute Gasteiger partial charge is 0.232 e. The minimum Gasteiger partial charge on any atom is -0.476 e. The van der Waals surface area contributed by atoms with Gasteiger partial charge in [0.25, 0.3) is 0 Å². The van der Waals surface area contributed by atoms with Gasteiger partial charge in [-0.25, -0.2) is 4.98 Å². The fourth-order valence-corrected chi connectivity index (χ4v) is 2.84. The first-order valence-electron chi connectivity index (χ1n) is 6.25. The molecule has 7 heteroatoms. The van der Waals surface area contributed by atoms with Gasteiger partial charge in [-0.1, -0.05) is 11.3 Å². The summed E-state index contributed by atoms with van der Waals surface area (Å²) in [5.74, 6) is 1.10. The second-order valence-corrected chi connectivity index (χ2v) is 5.72. The highest BCUT2D eigenvalue weighted by molar-refractivity contribution is 7.15. The standard InChI is InChI=1S/C12H15N5OS/c1-9-15-16-12(19-9)17-5-2-10(7-17)8-18-11-6-13-3-4-14-11/h3-4,6,10H,2,5,7-8H2,1H3. The monoisotopic (exact) mass is 277 g/mol. The molecule has 0 N–H and O–H groups in total. The molecule has 1 aliphatic heterocycles. The number of hydrogen-bond donors (Lipinski definition) is 0. The zero-order chi connectivity index (χ0) is 13.1. The van der Waals surface area contributed by atoms with E-state index in [1.807, 2.05) is 6.92 Å². The van der Waals surface area contributed by atoms with Crippen LogP contribution in [0, 0.1) is 12.8 Å². The van der Waals surface area contributed by atoms with Crippen molar-refractivity contribution in [2.45, 2.75) is 13.3 Å². The molecule has 0 spiro atoms. The van der Waals surface area contributed by atoms with Crippen molar-refractivity contribution >= 4 is 16.5 Å². The van der Waals surface area contributed by atoms with Gasteiger partial charge in [0.05, 0.1) is 12.8 Å². The third-order valence-corrected chi connectivity index (χ3v) is 3.98. The van der Waals surface area contributed by atoms with Crippen LogP contribution in [0.2, 0.25) is 0 Å². The van der Waals surface area contributed by atoms with Gasteiger partial charge in [-0.15, -0.1) is 10.2 Å². The molecule has 1 saturated heterocycles. The second-order valence-electron chi connectivity index (χ2n) is 4.56. The molecular weight excluding hydrogens is 262 g/mol. The predicted octanol–water partition coefficient (Wildman–Crippen LogP) is 1.54. The van der Waals surface area contributed by atoms with Gasteiger partial charge in [-0.3, -0.25) is 4.98 Å². The van der Waals surface area contributed by atoms with Gasteiger partial charge in [0.15, 0.2) is 0 Å². The van der Waals surface area contributed by atoms with Gasteiger partial charge in [0, 0.05) is 31.4 Å². The summed E-state index contributed by atoms with van der Waals surface area (Å²) in [7, 11) is 0. The van der Waals surface area contributed by atoms with Gasteiger partial charge in [-0.05, 0) is 13.3 Å². The van der Waals surface area contributed by atoms with E-state index in [1.54, 1.807) is 29.9 Å². The number of nitrogens with zero attached hydrogens (tertiary/aromatic N) is 5. The van der Waals surface area contributed by atoms with Crippen LogP contribution in [-0.4, -0.2) is 39.9 Å². The third-order valence-electron chi connectivity index (χ3n) is 3.08. The summed E-state index contributed by atoms with van der Waals surface area (Å²) < 4.78 is 5.65. The van der Waals surface area contributed by atoms with E-state index in [0.717, 1.165) is 29.6 Å². The molecule has 1 aliphatic rings. The lowest BCUT2D eigenvalue weighted by atomic mass is 10.1. The lowest BCUT2D eigenvalue weighted by molar-refractivity contribution is 0.251. The van der Waals surface area contributed by atoms with Crippen LogP contribution < -0.4 is 9.64 Å². The SMILES string of the molecule is Cc1nnc(N2CCC(COc3cnccn3)C2)s1. The van der Waals surface area contributed by atoms with Crippen LogP contribution in [-0.2, 0) is 0 Å². The Morgan fingerprint density at radius 1 is 1.42 bits per heavy atom. The summed E-state index contributed by atoms with van der Waals surface area (Å²) in [6.45, 7) is 4.64. The molecule has 2 aromatic heterocycles. The molecule has 1 unspecified atom stereocenters. The van der Waals surface area contributed by atoms with E-state index in [9.17, 15) is 0 Å². The van der Waals surface area contributed by atoms with Crippen molar-refractivity contribution in [3.05, 3.63) is 23.6 Å². The van der Waals surface area contributed by atoms with Gasteiger partial charge < -0.3 is 9.64 Å². The molecular formula is C12H15N5OS. The topological polar surface area (TPSA) is 64.0 Å². The quantitative estimate of drug-likeness (QED) is 0.844. The van der Waals surface area contributed by atoms with Crippen molar-refractivity contribution < 1.29 is 4.74 Å². The molecule has 3 rings (SSSR count). The first-order chi connectivity index (χ1) is 9.31. The van der Waals surface area contributed by atoms with Crippen molar-refractivity contribution in [3.63, 3.8) is 0 Å². The lowest BCUT2D eigenvalue weighted by Gasteiger charge is -2.14. The number of rotatable bonds is 4. The minimum atomic E-state index is 0.506. The van der Waals surface area contributed by atoms with Gasteiger partial charge in [0.2, 0.25) is 11.0 Å². The zero-order valence-electron chi connectivity index (χ0n) is 10.7. The molecule has 0 amide bonds. The van der Waals surface area contributed by atoms with Crippen molar-refractivity contribution in [2.75, 3.05) is 24.6 Å². The highest BCUT2D eigenvalue weighted by Crippen LogP contribution is 2.26. The Bertz CT molecular complexity index is 532. The summed E-state index contributed by atoms with van der Waals surface area (Å²) >= 11 is 1.64. The van der Waals surface area contributed by atoms with Crippen LogP contribution in [0.25, 0.3) is 0 Å². The lowest BCUT2D eigenvalue weighted by Crippen LogP contribution is -2.21. The molecule has 1 atom stereocenters. The Hall–Kier alpha value is -1.76. The second kappa shape index (κ2) is 5.48. The van der Waals surface area contributed by atoms with Crippen LogP contribution in [0.5, 0.6) is 5.88 Å². The molecule has 0 aromatic carbocycles. The van der Waals surface area contributed by atoms with E-state index in [4.69, 9.17) is 4.74 Å². The first-order valence-corrected chi connectivity index (χ1v) is 7.07. The normalized spacial score (nSPS) is 18.8. The average molecular weight is 277 g/mol. The molecule has 100 valence electrons. The van der Waals surface area contributed by atoms with E-state index in [0.29, 0.717) is 18.4 Å². The Morgan fingerprint density at radius 2 is 2.37 bits per heavy atom. The van der Waals surface area contributed by atoms with Crippen LogP contribution in [0.1, 0.15) is 11.4 Å². The number of ether oxygens (including phenoxy) is 1. The van der Waals surface area contributed by atoms with E-state index < -0.39 is 0 Å². The number of hydrogen-bond acceptors (Lipinski definition) is 7. The van der Waals surface area contributed by atoms with E-state index in [2.05, 4.69) is 25.1 Å². The summed E-state index contributed by atoms with van der Waals surface area (Å²) in [6.07, 6.45) is 6.03. The van der Waals surface area contributed by atoms with Crippen LogP contribution in [0.4, 0.5) is 5.13 Å². The summed E-state index contributed by atoms with van der Waals surface area (Å²) in [5.41, 5.74) is 0. The van der Waals surface area contributed by atoms with Gasteiger partial charge in [-0.2, -0.15) is 0 Å². The van der Waals surface area contributed by atoms with Crippen molar-refractivity contribution in [1.29, 1.82) is 0 Å². The molecule has 6 nitrogen and oxygen atoms in total. The maximum atomic E-state index is 5.65. The van der Waals surface area contributed by atoms with Crippen LogP contribution in [0.15, 0.2) is 18.6 Å². The molecule has 1 fully saturated rings. The molecule has 0 aliphatic carbocycles. The maximum Gasteiger partial charge on any atom is 0.232 e. The van der Waals surface area contributed by atoms with Crippen LogP contribution in [0.3, 0.4) is 0 Å². The average Bonchev–Trinajstić information content (AvgIpc) is 3.06. The fraction of sp³-hybridized carbons (Fsp3) is 0.500. The van der Waals surface area contributed by atoms with E-state index in [-0.39, 0.29) is 0 Å².